The standard InChI is InChI=1S/C24H37BN2O5/c1-17-16-26(13-14-27(17)21(29)30-22(2,3)4)20(28)15-18-9-11-19(12-10-18)25-31-23(5,6)24(7,8)32-25/h9-12,17H,13-16H2,1-8H3/t17-/m0/s1. The Labute approximate surface area is 192 Å². The molecule has 0 aliphatic carbocycles. The molecule has 2 heterocycles. The molecule has 0 radical (unpaired) electrons. The van der Waals surface area contributed by atoms with E-state index < -0.39 is 12.7 Å². The maximum absolute atomic E-state index is 12.9. The van der Waals surface area contributed by atoms with Crippen LogP contribution in [0.5, 0.6) is 0 Å². The summed E-state index contributed by atoms with van der Waals surface area (Å²) in [7, 11) is -0.411. The number of amides is 2. The molecule has 0 unspecified atom stereocenters. The SMILES string of the molecule is C[C@H]1CN(C(=O)Cc2ccc(B3OC(C)(C)C(C)(C)O3)cc2)CCN1C(=O)OC(C)(C)C. The fraction of sp³-hybridized carbons (Fsp3) is 0.667. The Morgan fingerprint density at radius 3 is 2.12 bits per heavy atom. The molecule has 0 aromatic heterocycles. The average molecular weight is 444 g/mol. The van der Waals surface area contributed by atoms with E-state index in [-0.39, 0.29) is 29.2 Å². The third kappa shape index (κ3) is 5.46. The number of piperazine rings is 1. The lowest BCUT2D eigenvalue weighted by atomic mass is 9.79. The number of ether oxygens (including phenoxy) is 1. The summed E-state index contributed by atoms with van der Waals surface area (Å²) < 4.78 is 17.7. The monoisotopic (exact) mass is 444 g/mol. The Hall–Kier alpha value is -2.06. The third-order valence-corrected chi connectivity index (χ3v) is 6.47. The summed E-state index contributed by atoms with van der Waals surface area (Å²) in [4.78, 5) is 28.8. The molecular formula is C24H37BN2O5. The fourth-order valence-corrected chi connectivity index (χ4v) is 3.83. The largest absolute Gasteiger partial charge is 0.494 e. The molecule has 1 atom stereocenters. The van der Waals surface area contributed by atoms with Gasteiger partial charge in [-0.3, -0.25) is 4.79 Å². The van der Waals surface area contributed by atoms with Crippen molar-refractivity contribution in [1.29, 1.82) is 0 Å². The van der Waals surface area contributed by atoms with Gasteiger partial charge in [0.25, 0.3) is 0 Å². The zero-order valence-electron chi connectivity index (χ0n) is 20.7. The summed E-state index contributed by atoms with van der Waals surface area (Å²) in [5.74, 6) is 0.0593. The second-order valence-electron chi connectivity index (χ2n) is 10.9. The summed E-state index contributed by atoms with van der Waals surface area (Å²) >= 11 is 0. The van der Waals surface area contributed by atoms with E-state index in [2.05, 4.69) is 0 Å². The molecule has 2 aliphatic rings. The van der Waals surface area contributed by atoms with Gasteiger partial charge in [-0.05, 0) is 66.4 Å². The van der Waals surface area contributed by atoms with Crippen LogP contribution in [0.15, 0.2) is 24.3 Å². The molecule has 32 heavy (non-hydrogen) atoms. The number of hydrogen-bond donors (Lipinski definition) is 0. The molecule has 2 aliphatic heterocycles. The Bertz CT molecular complexity index is 831. The number of nitrogens with zero attached hydrogens (tertiary/aromatic N) is 2. The normalized spacial score (nSPS) is 22.8. The van der Waals surface area contributed by atoms with Crippen LogP contribution >= 0.6 is 0 Å². The molecule has 176 valence electrons. The molecule has 0 bridgehead atoms. The van der Waals surface area contributed by atoms with Crippen molar-refractivity contribution in [3.63, 3.8) is 0 Å². The van der Waals surface area contributed by atoms with E-state index in [0.29, 0.717) is 26.1 Å². The maximum atomic E-state index is 12.9. The van der Waals surface area contributed by atoms with Crippen LogP contribution in [0.4, 0.5) is 4.79 Å². The van der Waals surface area contributed by atoms with Crippen LogP contribution in [0.25, 0.3) is 0 Å². The van der Waals surface area contributed by atoms with Gasteiger partial charge >= 0.3 is 13.2 Å². The minimum absolute atomic E-state index is 0.0593. The van der Waals surface area contributed by atoms with Crippen molar-refractivity contribution in [2.75, 3.05) is 19.6 Å². The predicted molar refractivity (Wildman–Crippen MR) is 125 cm³/mol. The molecule has 0 spiro atoms. The summed E-state index contributed by atoms with van der Waals surface area (Å²) in [6.07, 6.45) is -0.00148. The smallest absolute Gasteiger partial charge is 0.444 e. The van der Waals surface area contributed by atoms with Gasteiger partial charge in [0.15, 0.2) is 0 Å². The second-order valence-corrected chi connectivity index (χ2v) is 10.9. The van der Waals surface area contributed by atoms with E-state index in [1.807, 2.05) is 84.6 Å². The first-order valence-electron chi connectivity index (χ1n) is 11.4. The molecule has 2 amide bonds. The Morgan fingerprint density at radius 1 is 1.06 bits per heavy atom. The van der Waals surface area contributed by atoms with Gasteiger partial charge in [-0.2, -0.15) is 0 Å². The fourth-order valence-electron chi connectivity index (χ4n) is 3.83. The van der Waals surface area contributed by atoms with Crippen LogP contribution < -0.4 is 5.46 Å². The molecule has 0 N–H and O–H groups in total. The zero-order chi connectivity index (χ0) is 23.9. The Kier molecular flexibility index (Phi) is 6.69. The summed E-state index contributed by atoms with van der Waals surface area (Å²) in [6.45, 7) is 17.1. The van der Waals surface area contributed by atoms with Gasteiger partial charge in [0.2, 0.25) is 5.91 Å². The molecule has 8 heteroatoms. The first kappa shape index (κ1) is 24.6. The second kappa shape index (κ2) is 8.71. The van der Waals surface area contributed by atoms with Gasteiger partial charge in [-0.1, -0.05) is 24.3 Å². The van der Waals surface area contributed by atoms with Crippen LogP contribution in [-0.4, -0.2) is 71.4 Å². The van der Waals surface area contributed by atoms with Crippen LogP contribution in [0.1, 0.15) is 61.0 Å². The topological polar surface area (TPSA) is 68.3 Å². The van der Waals surface area contributed by atoms with Gasteiger partial charge in [0.05, 0.1) is 17.6 Å². The van der Waals surface area contributed by atoms with E-state index in [1.54, 1.807) is 4.90 Å². The van der Waals surface area contributed by atoms with Crippen molar-refractivity contribution < 1.29 is 23.6 Å². The van der Waals surface area contributed by atoms with E-state index >= 15 is 0 Å². The van der Waals surface area contributed by atoms with Crippen molar-refractivity contribution in [3.8, 4) is 0 Å². The van der Waals surface area contributed by atoms with Crippen molar-refractivity contribution >= 4 is 24.6 Å². The summed E-state index contributed by atoms with van der Waals surface area (Å²) in [5.41, 5.74) is 0.585. The average Bonchev–Trinajstić information content (AvgIpc) is 2.88. The highest BCUT2D eigenvalue weighted by atomic mass is 16.7. The molecule has 0 saturated carbocycles. The highest BCUT2D eigenvalue weighted by Gasteiger charge is 2.51. The van der Waals surface area contributed by atoms with Crippen molar-refractivity contribution in [3.05, 3.63) is 29.8 Å². The van der Waals surface area contributed by atoms with Crippen molar-refractivity contribution in [2.24, 2.45) is 0 Å². The Balaban J connectivity index is 1.55. The minimum atomic E-state index is -0.532. The van der Waals surface area contributed by atoms with Crippen LogP contribution in [-0.2, 0) is 25.3 Å². The van der Waals surface area contributed by atoms with Gasteiger partial charge in [0.1, 0.15) is 5.60 Å². The lowest BCUT2D eigenvalue weighted by Crippen LogP contribution is -2.56. The highest BCUT2D eigenvalue weighted by Crippen LogP contribution is 2.36. The van der Waals surface area contributed by atoms with E-state index in [9.17, 15) is 9.59 Å². The number of hydrogen-bond acceptors (Lipinski definition) is 5. The lowest BCUT2D eigenvalue weighted by Gasteiger charge is -2.40. The van der Waals surface area contributed by atoms with E-state index in [1.165, 1.54) is 0 Å². The Morgan fingerprint density at radius 2 is 1.62 bits per heavy atom. The zero-order valence-corrected chi connectivity index (χ0v) is 20.7. The number of carbonyl (C=O) groups excluding carboxylic acids is 2. The third-order valence-electron chi connectivity index (χ3n) is 6.47. The predicted octanol–water partition coefficient (Wildman–Crippen LogP) is 3.00. The quantitative estimate of drug-likeness (QED) is 0.671. The summed E-state index contributed by atoms with van der Waals surface area (Å²) in [6, 6.07) is 7.76. The number of benzene rings is 1. The van der Waals surface area contributed by atoms with E-state index in [4.69, 9.17) is 14.0 Å². The number of rotatable bonds is 3. The highest BCUT2D eigenvalue weighted by molar-refractivity contribution is 6.62. The first-order chi connectivity index (χ1) is 14.7. The van der Waals surface area contributed by atoms with Crippen LogP contribution in [0, 0.1) is 0 Å². The van der Waals surface area contributed by atoms with Gasteiger partial charge in [-0.25, -0.2) is 4.79 Å². The minimum Gasteiger partial charge on any atom is -0.444 e. The van der Waals surface area contributed by atoms with Gasteiger partial charge in [-0.15, -0.1) is 0 Å². The molecular weight excluding hydrogens is 407 g/mol. The van der Waals surface area contributed by atoms with Crippen molar-refractivity contribution in [2.45, 2.75) is 84.7 Å². The summed E-state index contributed by atoms with van der Waals surface area (Å²) in [5, 5.41) is 0. The molecule has 1 aromatic rings. The van der Waals surface area contributed by atoms with Gasteiger partial charge < -0.3 is 23.8 Å². The van der Waals surface area contributed by atoms with Gasteiger partial charge in [0, 0.05) is 25.7 Å². The van der Waals surface area contributed by atoms with Crippen LogP contribution in [0.3, 0.4) is 0 Å². The number of carbonyl (C=O) groups is 2. The maximum Gasteiger partial charge on any atom is 0.494 e. The molecule has 2 fully saturated rings. The molecule has 1 aromatic carbocycles. The lowest BCUT2D eigenvalue weighted by molar-refractivity contribution is -0.133. The molecule has 3 rings (SSSR count). The van der Waals surface area contributed by atoms with E-state index in [0.717, 1.165) is 11.0 Å². The van der Waals surface area contributed by atoms with Crippen LogP contribution in [0.2, 0.25) is 0 Å². The molecule has 7 nitrogen and oxygen atoms in total. The first-order valence-corrected chi connectivity index (χ1v) is 11.4. The molecule has 2 saturated heterocycles. The van der Waals surface area contributed by atoms with Crippen molar-refractivity contribution in [1.82, 2.24) is 9.80 Å².